The van der Waals surface area contributed by atoms with Crippen molar-refractivity contribution < 1.29 is 22.5 Å². The summed E-state index contributed by atoms with van der Waals surface area (Å²) in [6.45, 7) is -0.609. The van der Waals surface area contributed by atoms with Gasteiger partial charge in [-0.1, -0.05) is 23.7 Å². The number of benzene rings is 1. The largest absolute Gasteiger partial charge is 0.426 e. The van der Waals surface area contributed by atoms with E-state index in [1.165, 1.54) is 17.3 Å². The quantitative estimate of drug-likeness (QED) is 0.692. The number of H-pyrrole nitrogens is 1. The van der Waals surface area contributed by atoms with Gasteiger partial charge in [0, 0.05) is 31.4 Å². The molecule has 2 aromatic heterocycles. The van der Waals surface area contributed by atoms with Crippen molar-refractivity contribution in [3.8, 4) is 0 Å². The topological polar surface area (TPSA) is 65.8 Å². The molecule has 1 N–H and O–H groups in total. The SMILES string of the molecule is O=C(c1[nH]c2ccccc2[n+]1CC(F)(F)F)N1CC(c2nccnc2Cl)C1. The lowest BCUT2D eigenvalue weighted by atomic mass is 9.96. The molecule has 0 radical (unpaired) electrons. The van der Waals surface area contributed by atoms with Crippen molar-refractivity contribution in [1.82, 2.24) is 19.9 Å². The minimum Gasteiger partial charge on any atom is -0.331 e. The highest BCUT2D eigenvalue weighted by molar-refractivity contribution is 6.30. The Labute approximate surface area is 156 Å². The minimum absolute atomic E-state index is 0.0874. The third kappa shape index (κ3) is 3.34. The molecule has 1 aliphatic rings. The number of hydrogen-bond acceptors (Lipinski definition) is 3. The number of carbonyl (C=O) groups is 1. The number of halogens is 4. The molecule has 3 heterocycles. The highest BCUT2D eigenvalue weighted by Gasteiger charge is 2.41. The molecule has 4 rings (SSSR count). The molecule has 0 bridgehead atoms. The molecule has 10 heteroatoms. The molecule has 0 unspecified atom stereocenters. The average Bonchev–Trinajstić information content (AvgIpc) is 2.92. The van der Waals surface area contributed by atoms with Gasteiger partial charge in [0.15, 0.2) is 22.7 Å². The maximum atomic E-state index is 13.0. The van der Waals surface area contributed by atoms with Crippen LogP contribution in [0.2, 0.25) is 5.15 Å². The van der Waals surface area contributed by atoms with Crippen molar-refractivity contribution in [3.63, 3.8) is 0 Å². The second-order valence-electron chi connectivity index (χ2n) is 6.33. The number of aromatic nitrogens is 4. The van der Waals surface area contributed by atoms with Gasteiger partial charge in [-0.3, -0.25) is 9.78 Å². The lowest BCUT2D eigenvalue weighted by Gasteiger charge is -2.37. The van der Waals surface area contributed by atoms with E-state index in [1.54, 1.807) is 24.3 Å². The molecule has 6 nitrogen and oxygen atoms in total. The van der Waals surface area contributed by atoms with E-state index < -0.39 is 18.6 Å². The predicted octanol–water partition coefficient (Wildman–Crippen LogP) is 2.70. The molecule has 0 spiro atoms. The Morgan fingerprint density at radius 2 is 1.96 bits per heavy atom. The first-order valence-electron chi connectivity index (χ1n) is 8.16. The van der Waals surface area contributed by atoms with Gasteiger partial charge in [-0.25, -0.2) is 14.5 Å². The first kappa shape index (κ1) is 17.7. The van der Waals surface area contributed by atoms with Crippen molar-refractivity contribution in [1.29, 1.82) is 0 Å². The highest BCUT2D eigenvalue weighted by Crippen LogP contribution is 2.30. The average molecular weight is 397 g/mol. The zero-order valence-electron chi connectivity index (χ0n) is 13.9. The molecule has 0 atom stereocenters. The van der Waals surface area contributed by atoms with Crippen molar-refractivity contribution in [2.45, 2.75) is 18.6 Å². The van der Waals surface area contributed by atoms with Gasteiger partial charge in [-0.05, 0) is 12.1 Å². The zero-order chi connectivity index (χ0) is 19.2. The Kier molecular flexibility index (Phi) is 4.26. The predicted molar refractivity (Wildman–Crippen MR) is 90.2 cm³/mol. The summed E-state index contributed by atoms with van der Waals surface area (Å²) in [5.74, 6) is -0.681. The second-order valence-corrected chi connectivity index (χ2v) is 6.69. The standard InChI is InChI=1S/C17H13ClF3N5O/c18-14-13(22-5-6-23-14)10-7-25(8-10)16(27)15-24-11-3-1-2-4-12(11)26(15)9-17(19,20)21/h1-6,10H,7-9H2/p+1. The van der Waals surface area contributed by atoms with Gasteiger partial charge in [-0.2, -0.15) is 13.2 Å². The number of fused-ring (bicyclic) bond motifs is 1. The number of rotatable bonds is 3. The van der Waals surface area contributed by atoms with Crippen LogP contribution in [0.3, 0.4) is 0 Å². The summed E-state index contributed by atoms with van der Waals surface area (Å²) in [7, 11) is 0. The highest BCUT2D eigenvalue weighted by atomic mass is 35.5. The summed E-state index contributed by atoms with van der Waals surface area (Å²) in [6, 6.07) is 6.51. The van der Waals surface area contributed by atoms with Crippen LogP contribution < -0.4 is 4.57 Å². The second kappa shape index (κ2) is 6.49. The van der Waals surface area contributed by atoms with E-state index in [1.807, 2.05) is 0 Å². The summed E-state index contributed by atoms with van der Waals surface area (Å²) >= 11 is 6.01. The van der Waals surface area contributed by atoms with Gasteiger partial charge in [-0.15, -0.1) is 0 Å². The number of likely N-dealkylation sites (tertiary alicyclic amines) is 1. The Morgan fingerprint density at radius 1 is 1.26 bits per heavy atom. The summed E-state index contributed by atoms with van der Waals surface area (Å²) in [5, 5.41) is 0.271. The fraction of sp³-hybridized carbons (Fsp3) is 0.294. The molecule has 0 aliphatic carbocycles. The van der Waals surface area contributed by atoms with Crippen molar-refractivity contribution in [2.24, 2.45) is 0 Å². The molecule has 140 valence electrons. The Morgan fingerprint density at radius 3 is 2.67 bits per heavy atom. The molecule has 27 heavy (non-hydrogen) atoms. The lowest BCUT2D eigenvalue weighted by Crippen LogP contribution is -2.54. The van der Waals surface area contributed by atoms with Gasteiger partial charge < -0.3 is 4.90 Å². The molecule has 0 saturated carbocycles. The molecule has 1 saturated heterocycles. The lowest BCUT2D eigenvalue weighted by molar-refractivity contribution is -0.697. The van der Waals surface area contributed by atoms with Crippen LogP contribution in [0.25, 0.3) is 11.0 Å². The van der Waals surface area contributed by atoms with E-state index in [0.29, 0.717) is 29.8 Å². The summed E-state index contributed by atoms with van der Waals surface area (Å²) < 4.78 is 40.0. The van der Waals surface area contributed by atoms with E-state index in [9.17, 15) is 18.0 Å². The Hall–Kier alpha value is -2.68. The van der Waals surface area contributed by atoms with E-state index >= 15 is 0 Å². The number of imidazole rings is 1. The Bertz CT molecular complexity index is 1010. The van der Waals surface area contributed by atoms with Crippen LogP contribution in [0.4, 0.5) is 13.2 Å². The maximum absolute atomic E-state index is 13.0. The first-order valence-corrected chi connectivity index (χ1v) is 8.54. The molecule has 1 aliphatic heterocycles. The number of nitrogens with zero attached hydrogens (tertiary/aromatic N) is 4. The van der Waals surface area contributed by atoms with Gasteiger partial charge in [0.2, 0.25) is 0 Å². The van der Waals surface area contributed by atoms with Gasteiger partial charge in [0.05, 0.1) is 5.69 Å². The van der Waals surface area contributed by atoms with Gasteiger partial charge in [0.25, 0.3) is 0 Å². The fourth-order valence-electron chi connectivity index (χ4n) is 3.22. The maximum Gasteiger partial charge on any atom is 0.426 e. The normalized spacial score (nSPS) is 15.2. The number of hydrogen-bond donors (Lipinski definition) is 1. The molecule has 1 fully saturated rings. The number of para-hydroxylation sites is 2. The monoisotopic (exact) mass is 396 g/mol. The summed E-state index contributed by atoms with van der Waals surface area (Å²) in [6.07, 6.45) is -1.46. The van der Waals surface area contributed by atoms with E-state index in [4.69, 9.17) is 11.6 Å². The van der Waals surface area contributed by atoms with Crippen LogP contribution in [0.1, 0.15) is 22.2 Å². The van der Waals surface area contributed by atoms with E-state index in [0.717, 1.165) is 4.57 Å². The van der Waals surface area contributed by atoms with Gasteiger partial charge in [0.1, 0.15) is 0 Å². The number of alkyl halides is 3. The van der Waals surface area contributed by atoms with E-state index in [-0.39, 0.29) is 16.9 Å². The van der Waals surface area contributed by atoms with Crippen LogP contribution >= 0.6 is 11.6 Å². The molecule has 1 amide bonds. The van der Waals surface area contributed by atoms with Crippen LogP contribution in [0.5, 0.6) is 0 Å². The number of carbonyl (C=O) groups excluding carboxylic acids is 1. The van der Waals surface area contributed by atoms with Crippen LogP contribution in [0, 0.1) is 0 Å². The Balaban J connectivity index is 1.60. The van der Waals surface area contributed by atoms with Crippen LogP contribution in [0.15, 0.2) is 36.7 Å². The zero-order valence-corrected chi connectivity index (χ0v) is 14.6. The van der Waals surface area contributed by atoms with E-state index in [2.05, 4.69) is 15.0 Å². The third-order valence-electron chi connectivity index (χ3n) is 4.49. The van der Waals surface area contributed by atoms with Gasteiger partial charge >= 0.3 is 17.9 Å². The van der Waals surface area contributed by atoms with Crippen LogP contribution in [-0.2, 0) is 6.54 Å². The number of nitrogens with one attached hydrogen (secondary N) is 1. The smallest absolute Gasteiger partial charge is 0.331 e. The van der Waals surface area contributed by atoms with Crippen molar-refractivity contribution in [2.75, 3.05) is 13.1 Å². The molecular weight excluding hydrogens is 383 g/mol. The van der Waals surface area contributed by atoms with Crippen molar-refractivity contribution in [3.05, 3.63) is 53.3 Å². The summed E-state index contributed by atoms with van der Waals surface area (Å²) in [4.78, 5) is 25.2. The molecular formula is C17H14ClF3N5O+. The number of amides is 1. The van der Waals surface area contributed by atoms with Crippen molar-refractivity contribution >= 4 is 28.5 Å². The minimum atomic E-state index is -4.45. The first-order chi connectivity index (χ1) is 12.8. The summed E-state index contributed by atoms with van der Waals surface area (Å²) in [5.41, 5.74) is 1.38. The van der Waals surface area contributed by atoms with Crippen LogP contribution in [-0.4, -0.2) is 45.0 Å². The fourth-order valence-corrected chi connectivity index (χ4v) is 3.47. The molecule has 3 aromatic rings. The number of aromatic amines is 1. The third-order valence-corrected chi connectivity index (χ3v) is 4.78. The molecule has 1 aromatic carbocycles.